The molecular formula is C13H12F2N2. The Labute approximate surface area is 98.3 Å². The number of rotatable bonds is 3. The van der Waals surface area contributed by atoms with Crippen LogP contribution in [0.15, 0.2) is 42.7 Å². The van der Waals surface area contributed by atoms with Crippen LogP contribution in [-0.4, -0.2) is 4.98 Å². The number of halogens is 2. The van der Waals surface area contributed by atoms with Crippen molar-refractivity contribution < 1.29 is 8.78 Å². The van der Waals surface area contributed by atoms with Crippen LogP contribution in [0.4, 0.5) is 14.5 Å². The molecule has 1 aromatic heterocycles. The van der Waals surface area contributed by atoms with Crippen LogP contribution in [0.1, 0.15) is 18.5 Å². The van der Waals surface area contributed by atoms with E-state index in [9.17, 15) is 8.78 Å². The highest BCUT2D eigenvalue weighted by Gasteiger charge is 2.07. The summed E-state index contributed by atoms with van der Waals surface area (Å²) in [4.78, 5) is 3.78. The predicted octanol–water partition coefficient (Wildman–Crippen LogP) is 3.53. The first-order valence-electron chi connectivity index (χ1n) is 5.28. The molecule has 0 aliphatic rings. The first-order valence-corrected chi connectivity index (χ1v) is 5.28. The van der Waals surface area contributed by atoms with Crippen LogP contribution in [0.2, 0.25) is 0 Å². The Morgan fingerprint density at radius 2 is 1.94 bits per heavy atom. The molecule has 1 atom stereocenters. The van der Waals surface area contributed by atoms with Gasteiger partial charge in [0.05, 0.1) is 12.2 Å². The minimum atomic E-state index is -0.379. The molecule has 0 bridgehead atoms. The van der Waals surface area contributed by atoms with Gasteiger partial charge in [-0.15, -0.1) is 0 Å². The van der Waals surface area contributed by atoms with Gasteiger partial charge in [0.25, 0.3) is 0 Å². The van der Waals surface area contributed by atoms with Crippen molar-refractivity contribution in [1.82, 2.24) is 4.98 Å². The second-order valence-electron chi connectivity index (χ2n) is 3.81. The van der Waals surface area contributed by atoms with Crippen LogP contribution >= 0.6 is 0 Å². The number of hydrogen-bond donors (Lipinski definition) is 1. The van der Waals surface area contributed by atoms with Crippen LogP contribution in [0.25, 0.3) is 0 Å². The van der Waals surface area contributed by atoms with E-state index in [1.807, 2.05) is 6.92 Å². The van der Waals surface area contributed by atoms with E-state index in [2.05, 4.69) is 10.3 Å². The molecule has 0 aliphatic heterocycles. The zero-order valence-corrected chi connectivity index (χ0v) is 9.32. The zero-order valence-electron chi connectivity index (χ0n) is 9.32. The van der Waals surface area contributed by atoms with Gasteiger partial charge in [-0.2, -0.15) is 0 Å². The fourth-order valence-corrected chi connectivity index (χ4v) is 1.58. The third kappa shape index (κ3) is 3.00. The van der Waals surface area contributed by atoms with Crippen molar-refractivity contribution >= 4 is 5.69 Å². The number of pyridine rings is 1. The second-order valence-corrected chi connectivity index (χ2v) is 3.81. The van der Waals surface area contributed by atoms with Gasteiger partial charge in [0.2, 0.25) is 0 Å². The van der Waals surface area contributed by atoms with Crippen LogP contribution in [0.3, 0.4) is 0 Å². The fraction of sp³-hybridized carbons (Fsp3) is 0.154. The molecule has 0 radical (unpaired) electrons. The van der Waals surface area contributed by atoms with Crippen molar-refractivity contribution in [3.8, 4) is 0 Å². The molecule has 2 aromatic rings. The van der Waals surface area contributed by atoms with Crippen molar-refractivity contribution in [3.63, 3.8) is 0 Å². The Balaban J connectivity index is 2.14. The molecular weight excluding hydrogens is 222 g/mol. The van der Waals surface area contributed by atoms with E-state index >= 15 is 0 Å². The monoisotopic (exact) mass is 234 g/mol. The average Bonchev–Trinajstić information content (AvgIpc) is 2.29. The number of hydrogen-bond acceptors (Lipinski definition) is 2. The standard InChI is InChI=1S/C13H12F2N2/c1-9(10-5-12(15)8-16-7-10)17-13-4-2-3-11(14)6-13/h2-9,17H,1H3. The number of benzene rings is 1. The molecule has 88 valence electrons. The summed E-state index contributed by atoms with van der Waals surface area (Å²) in [7, 11) is 0. The average molecular weight is 234 g/mol. The molecule has 2 nitrogen and oxygen atoms in total. The summed E-state index contributed by atoms with van der Waals surface area (Å²) in [5.74, 6) is -0.685. The van der Waals surface area contributed by atoms with E-state index in [0.29, 0.717) is 11.3 Å². The summed E-state index contributed by atoms with van der Waals surface area (Å²) in [5.41, 5.74) is 1.37. The third-order valence-electron chi connectivity index (χ3n) is 2.43. The molecule has 0 spiro atoms. The van der Waals surface area contributed by atoms with Crippen LogP contribution in [0.5, 0.6) is 0 Å². The lowest BCUT2D eigenvalue weighted by atomic mass is 10.1. The molecule has 0 aliphatic carbocycles. The molecule has 1 aromatic carbocycles. The normalized spacial score (nSPS) is 12.2. The van der Waals surface area contributed by atoms with Crippen molar-refractivity contribution in [2.75, 3.05) is 5.32 Å². The van der Waals surface area contributed by atoms with Crippen molar-refractivity contribution in [3.05, 3.63) is 59.9 Å². The highest BCUT2D eigenvalue weighted by Crippen LogP contribution is 2.19. The minimum absolute atomic E-state index is 0.139. The number of aromatic nitrogens is 1. The van der Waals surface area contributed by atoms with Crippen molar-refractivity contribution in [2.24, 2.45) is 0 Å². The number of nitrogens with one attached hydrogen (secondary N) is 1. The SMILES string of the molecule is CC(Nc1cccc(F)c1)c1cncc(F)c1. The van der Waals surface area contributed by atoms with E-state index in [1.54, 1.807) is 18.3 Å². The molecule has 1 heterocycles. The van der Waals surface area contributed by atoms with Crippen LogP contribution < -0.4 is 5.32 Å². The molecule has 1 N–H and O–H groups in total. The molecule has 0 amide bonds. The van der Waals surface area contributed by atoms with E-state index in [1.165, 1.54) is 18.2 Å². The van der Waals surface area contributed by atoms with Gasteiger partial charge in [-0.05, 0) is 36.8 Å². The summed E-state index contributed by atoms with van der Waals surface area (Å²) < 4.78 is 26.0. The topological polar surface area (TPSA) is 24.9 Å². The van der Waals surface area contributed by atoms with Gasteiger partial charge >= 0.3 is 0 Å². The van der Waals surface area contributed by atoms with Gasteiger partial charge in [0.15, 0.2) is 0 Å². The lowest BCUT2D eigenvalue weighted by molar-refractivity contribution is 0.616. The van der Waals surface area contributed by atoms with E-state index < -0.39 is 0 Å². The maximum Gasteiger partial charge on any atom is 0.141 e. The van der Waals surface area contributed by atoms with Gasteiger partial charge in [-0.3, -0.25) is 4.98 Å². The Kier molecular flexibility index (Phi) is 3.32. The molecule has 0 saturated heterocycles. The van der Waals surface area contributed by atoms with Gasteiger partial charge in [0.1, 0.15) is 11.6 Å². The molecule has 4 heteroatoms. The molecule has 17 heavy (non-hydrogen) atoms. The first-order chi connectivity index (χ1) is 8.15. The molecule has 1 unspecified atom stereocenters. The summed E-state index contributed by atoms with van der Waals surface area (Å²) in [6.07, 6.45) is 2.73. The van der Waals surface area contributed by atoms with Crippen LogP contribution in [-0.2, 0) is 0 Å². The smallest absolute Gasteiger partial charge is 0.141 e. The minimum Gasteiger partial charge on any atom is -0.378 e. The van der Waals surface area contributed by atoms with E-state index in [-0.39, 0.29) is 17.7 Å². The summed E-state index contributed by atoms with van der Waals surface area (Å²) in [6, 6.07) is 7.41. The van der Waals surface area contributed by atoms with Crippen molar-refractivity contribution in [2.45, 2.75) is 13.0 Å². The maximum absolute atomic E-state index is 13.0. The first kappa shape index (κ1) is 11.5. The Morgan fingerprint density at radius 3 is 2.65 bits per heavy atom. The molecule has 0 saturated carbocycles. The fourth-order valence-electron chi connectivity index (χ4n) is 1.58. The quantitative estimate of drug-likeness (QED) is 0.878. The van der Waals surface area contributed by atoms with Gasteiger partial charge < -0.3 is 5.32 Å². The maximum atomic E-state index is 13.0. The van der Waals surface area contributed by atoms with Crippen LogP contribution in [0, 0.1) is 11.6 Å². The highest BCUT2D eigenvalue weighted by molar-refractivity contribution is 5.45. The molecule has 0 fully saturated rings. The summed E-state index contributed by atoms with van der Waals surface area (Å²) in [6.45, 7) is 1.86. The van der Waals surface area contributed by atoms with E-state index in [4.69, 9.17) is 0 Å². The van der Waals surface area contributed by atoms with Crippen molar-refractivity contribution in [1.29, 1.82) is 0 Å². The lowest BCUT2D eigenvalue weighted by Crippen LogP contribution is -2.07. The predicted molar refractivity (Wildman–Crippen MR) is 62.6 cm³/mol. The zero-order chi connectivity index (χ0) is 12.3. The van der Waals surface area contributed by atoms with Gasteiger partial charge in [0, 0.05) is 11.9 Å². The van der Waals surface area contributed by atoms with Gasteiger partial charge in [-0.25, -0.2) is 8.78 Å². The number of anilines is 1. The Hall–Kier alpha value is -1.97. The largest absolute Gasteiger partial charge is 0.378 e. The Morgan fingerprint density at radius 1 is 1.12 bits per heavy atom. The van der Waals surface area contributed by atoms with E-state index in [0.717, 1.165) is 6.20 Å². The second kappa shape index (κ2) is 4.91. The lowest BCUT2D eigenvalue weighted by Gasteiger charge is -2.15. The highest BCUT2D eigenvalue weighted by atomic mass is 19.1. The molecule has 2 rings (SSSR count). The summed E-state index contributed by atoms with van der Waals surface area (Å²) >= 11 is 0. The number of nitrogens with zero attached hydrogens (tertiary/aromatic N) is 1. The summed E-state index contributed by atoms with van der Waals surface area (Å²) in [5, 5.41) is 3.08. The van der Waals surface area contributed by atoms with Gasteiger partial charge in [-0.1, -0.05) is 6.07 Å². The third-order valence-corrected chi connectivity index (χ3v) is 2.43. The Bertz CT molecular complexity index is 514.